The van der Waals surface area contributed by atoms with Crippen LogP contribution >= 0.6 is 0 Å². The number of alkyl halides is 3. The number of carbonyl (C=O) groups is 2. The minimum atomic E-state index is -5.08. The van der Waals surface area contributed by atoms with Gasteiger partial charge in [-0.15, -0.1) is 0 Å². The Morgan fingerprint density at radius 2 is 1.76 bits per heavy atom. The predicted molar refractivity (Wildman–Crippen MR) is 153 cm³/mol. The summed E-state index contributed by atoms with van der Waals surface area (Å²) in [5, 5.41) is 11.2. The number of nitrogens with one attached hydrogen (secondary N) is 2. The smallest absolute Gasteiger partial charge is 0.475 e. The molecule has 0 radical (unpaired) electrons. The fourth-order valence-corrected chi connectivity index (χ4v) is 4.30. The third-order valence-corrected chi connectivity index (χ3v) is 6.41. The Morgan fingerprint density at radius 1 is 1.02 bits per heavy atom. The number of para-hydroxylation sites is 1. The number of hydrogen-bond donors (Lipinski definition) is 3. The summed E-state index contributed by atoms with van der Waals surface area (Å²) in [5.41, 5.74) is 6.77. The van der Waals surface area contributed by atoms with Crippen molar-refractivity contribution in [1.82, 2.24) is 9.97 Å². The van der Waals surface area contributed by atoms with Crippen LogP contribution in [0.15, 0.2) is 91.4 Å². The first-order valence-corrected chi connectivity index (χ1v) is 12.6. The van der Waals surface area contributed by atoms with Gasteiger partial charge in [0.1, 0.15) is 5.82 Å². The fraction of sp³-hybridized carbons (Fsp3) is 0.129. The largest absolute Gasteiger partial charge is 0.490 e. The molecule has 0 saturated heterocycles. The Labute approximate surface area is 238 Å². The Hall–Kier alpha value is -5.19. The molecule has 0 atom stereocenters. The molecule has 2 heterocycles. The van der Waals surface area contributed by atoms with Crippen LogP contribution in [0, 0.1) is 12.7 Å². The third kappa shape index (κ3) is 7.11. The maximum Gasteiger partial charge on any atom is 0.490 e. The molecule has 7 nitrogen and oxygen atoms in total. The molecule has 42 heavy (non-hydrogen) atoms. The molecular weight excluding hydrogens is 552 g/mol. The second-order valence-corrected chi connectivity index (χ2v) is 9.35. The second-order valence-electron chi connectivity index (χ2n) is 9.35. The van der Waals surface area contributed by atoms with Crippen molar-refractivity contribution in [3.05, 3.63) is 108 Å². The number of carboxylic acids is 1. The first kappa shape index (κ1) is 29.8. The molecule has 216 valence electrons. The maximum absolute atomic E-state index is 14.0. The number of rotatable bonds is 6. The summed E-state index contributed by atoms with van der Waals surface area (Å²) in [6.45, 7) is 1.75. The van der Waals surface area contributed by atoms with E-state index in [4.69, 9.17) is 9.90 Å². The van der Waals surface area contributed by atoms with Gasteiger partial charge in [0.25, 0.3) is 0 Å². The monoisotopic (exact) mass is 578 g/mol. The zero-order valence-electron chi connectivity index (χ0n) is 22.5. The number of fused-ring (bicyclic) bond motifs is 1. The quantitative estimate of drug-likeness (QED) is 0.184. The first-order chi connectivity index (χ1) is 19.9. The summed E-state index contributed by atoms with van der Waals surface area (Å²) < 4.78 is 45.7. The van der Waals surface area contributed by atoms with Gasteiger partial charge in [0.2, 0.25) is 5.91 Å². The number of carboxylic acid groups (broad SMARTS) is 1. The number of H-pyrrole nitrogens is 1. The first-order valence-electron chi connectivity index (χ1n) is 12.6. The number of aryl methyl sites for hydroxylation is 1. The Balaban J connectivity index is 0.000000517. The Bertz CT molecular complexity index is 1720. The van der Waals surface area contributed by atoms with Crippen molar-refractivity contribution < 1.29 is 32.3 Å². The number of hydrogen-bond acceptors (Lipinski definition) is 4. The highest BCUT2D eigenvalue weighted by Gasteiger charge is 2.38. The van der Waals surface area contributed by atoms with Gasteiger partial charge in [0.05, 0.1) is 18.3 Å². The molecule has 3 aromatic carbocycles. The summed E-state index contributed by atoms with van der Waals surface area (Å²) >= 11 is 0. The van der Waals surface area contributed by atoms with Crippen molar-refractivity contribution >= 4 is 39.8 Å². The third-order valence-electron chi connectivity index (χ3n) is 6.41. The number of aliphatic carboxylic acids is 1. The van der Waals surface area contributed by atoms with Gasteiger partial charge in [0, 0.05) is 47.3 Å². The Morgan fingerprint density at radius 3 is 2.43 bits per heavy atom. The Kier molecular flexibility index (Phi) is 8.90. The number of benzene rings is 3. The predicted octanol–water partition coefficient (Wildman–Crippen LogP) is 7.26. The van der Waals surface area contributed by atoms with Gasteiger partial charge in [0.15, 0.2) is 0 Å². The lowest BCUT2D eigenvalue weighted by molar-refractivity contribution is -0.192. The van der Waals surface area contributed by atoms with E-state index in [1.807, 2.05) is 78.8 Å². The lowest BCUT2D eigenvalue weighted by Crippen LogP contribution is -2.21. The fourth-order valence-electron chi connectivity index (χ4n) is 4.30. The van der Waals surface area contributed by atoms with E-state index in [1.165, 1.54) is 6.07 Å². The minimum Gasteiger partial charge on any atom is -0.475 e. The van der Waals surface area contributed by atoms with Gasteiger partial charge in [-0.1, -0.05) is 24.3 Å². The van der Waals surface area contributed by atoms with Crippen LogP contribution in [-0.4, -0.2) is 40.2 Å². The molecule has 1 amide bonds. The molecule has 5 rings (SSSR count). The second kappa shape index (κ2) is 12.5. The molecule has 0 fully saturated rings. The van der Waals surface area contributed by atoms with E-state index in [2.05, 4.69) is 15.3 Å². The van der Waals surface area contributed by atoms with Gasteiger partial charge in [-0.05, 0) is 72.1 Å². The van der Waals surface area contributed by atoms with E-state index >= 15 is 0 Å². The zero-order valence-corrected chi connectivity index (χ0v) is 22.5. The van der Waals surface area contributed by atoms with Gasteiger partial charge < -0.3 is 20.3 Å². The summed E-state index contributed by atoms with van der Waals surface area (Å²) in [4.78, 5) is 31.3. The topological polar surface area (TPSA) is 98.3 Å². The lowest BCUT2D eigenvalue weighted by Gasteiger charge is -2.23. The van der Waals surface area contributed by atoms with Crippen molar-refractivity contribution in [2.45, 2.75) is 19.5 Å². The average molecular weight is 579 g/mol. The van der Waals surface area contributed by atoms with E-state index in [0.717, 1.165) is 39.0 Å². The highest BCUT2D eigenvalue weighted by molar-refractivity contribution is 5.97. The van der Waals surface area contributed by atoms with Gasteiger partial charge in [-0.3, -0.25) is 9.78 Å². The molecule has 0 aliphatic heterocycles. The van der Waals surface area contributed by atoms with Crippen LogP contribution < -0.4 is 10.2 Å². The van der Waals surface area contributed by atoms with Crippen molar-refractivity contribution in [2.75, 3.05) is 17.3 Å². The van der Waals surface area contributed by atoms with Crippen LogP contribution in [0.5, 0.6) is 0 Å². The van der Waals surface area contributed by atoms with Gasteiger partial charge >= 0.3 is 12.1 Å². The van der Waals surface area contributed by atoms with E-state index in [-0.39, 0.29) is 18.1 Å². The van der Waals surface area contributed by atoms with Crippen LogP contribution in [0.25, 0.3) is 22.0 Å². The molecular formula is C31H26F4N4O3. The highest BCUT2D eigenvalue weighted by Crippen LogP contribution is 2.37. The average Bonchev–Trinajstić information content (AvgIpc) is 3.37. The number of carbonyl (C=O) groups excluding carboxylic acids is 1. The number of halogens is 4. The van der Waals surface area contributed by atoms with Crippen molar-refractivity contribution in [3.8, 4) is 11.1 Å². The molecule has 0 bridgehead atoms. The number of pyridine rings is 1. The number of amides is 1. The van der Waals surface area contributed by atoms with Crippen LogP contribution in [0.4, 0.5) is 34.6 Å². The normalized spacial score (nSPS) is 11.0. The molecule has 11 heteroatoms. The molecule has 3 N–H and O–H groups in total. The summed E-state index contributed by atoms with van der Waals surface area (Å²) in [6, 6.07) is 22.6. The minimum absolute atomic E-state index is 0.107. The number of aromatic amines is 1. The van der Waals surface area contributed by atoms with Crippen LogP contribution in [0.1, 0.15) is 11.1 Å². The summed E-state index contributed by atoms with van der Waals surface area (Å²) in [6.07, 6.45) is 0.569. The van der Waals surface area contributed by atoms with Crippen molar-refractivity contribution in [2.24, 2.45) is 0 Å². The van der Waals surface area contributed by atoms with Crippen molar-refractivity contribution in [3.63, 3.8) is 0 Å². The molecule has 0 unspecified atom stereocenters. The zero-order chi connectivity index (χ0) is 30.4. The molecule has 2 aromatic heterocycles. The lowest BCUT2D eigenvalue weighted by atomic mass is 9.99. The van der Waals surface area contributed by atoms with E-state index in [9.17, 15) is 22.4 Å². The number of aromatic nitrogens is 2. The van der Waals surface area contributed by atoms with E-state index < -0.39 is 12.1 Å². The molecule has 0 spiro atoms. The summed E-state index contributed by atoms with van der Waals surface area (Å²) in [7, 11) is 1.96. The number of nitrogens with zero attached hydrogens (tertiary/aromatic N) is 2. The maximum atomic E-state index is 14.0. The summed E-state index contributed by atoms with van der Waals surface area (Å²) in [5.74, 6) is -3.11. The van der Waals surface area contributed by atoms with Crippen LogP contribution in [0.3, 0.4) is 0 Å². The van der Waals surface area contributed by atoms with Crippen LogP contribution in [-0.2, 0) is 16.0 Å². The highest BCUT2D eigenvalue weighted by atomic mass is 19.4. The molecule has 0 aliphatic rings. The molecule has 0 saturated carbocycles. The number of anilines is 3. The van der Waals surface area contributed by atoms with E-state index in [0.29, 0.717) is 11.3 Å². The van der Waals surface area contributed by atoms with Gasteiger partial charge in [-0.25, -0.2) is 9.18 Å². The SMILES string of the molecule is Cc1cc(-c2cc(NC(=O)Cc3c[nH]c4ccccc34)ccc2N(C)c2cccnc2)ccc1F.O=C(O)C(F)(F)F. The van der Waals surface area contributed by atoms with Gasteiger partial charge in [-0.2, -0.15) is 13.2 Å². The van der Waals surface area contributed by atoms with Crippen molar-refractivity contribution in [1.29, 1.82) is 0 Å². The van der Waals surface area contributed by atoms with E-state index in [1.54, 1.807) is 25.4 Å². The molecule has 5 aromatic rings. The van der Waals surface area contributed by atoms with Crippen LogP contribution in [0.2, 0.25) is 0 Å². The molecule has 0 aliphatic carbocycles. The standard InChI is InChI=1S/C29H25FN4O.C2HF3O2/c1-19-14-20(9-11-26(19)30)25-16-22(10-12-28(25)34(2)23-6-5-13-31-18-23)33-29(35)15-21-17-32-27-8-4-3-7-24(21)27;3-2(4,5)1(6)7/h3-14,16-18,32H,15H2,1-2H3,(H,33,35);(H,6,7).